The Morgan fingerprint density at radius 1 is 1.50 bits per heavy atom. The first-order valence-electron chi connectivity index (χ1n) is 6.11. The SMILES string of the molecule is Cc1cn(C)c(NCCOC2CCCC2)n1. The number of rotatable bonds is 5. The summed E-state index contributed by atoms with van der Waals surface area (Å²) in [7, 11) is 2.00. The van der Waals surface area contributed by atoms with Gasteiger partial charge in [0.05, 0.1) is 18.4 Å². The molecule has 1 aromatic heterocycles. The first-order valence-corrected chi connectivity index (χ1v) is 6.11. The minimum Gasteiger partial charge on any atom is -0.376 e. The molecule has 0 aromatic carbocycles. The first kappa shape index (κ1) is 11.5. The number of ether oxygens (including phenoxy) is 1. The van der Waals surface area contributed by atoms with Gasteiger partial charge in [-0.15, -0.1) is 0 Å². The molecule has 4 nitrogen and oxygen atoms in total. The molecule has 0 amide bonds. The standard InChI is InChI=1S/C12H21N3O/c1-10-9-15(2)12(14-10)13-7-8-16-11-5-3-4-6-11/h9,11H,3-8H2,1-2H3,(H,13,14). The molecule has 0 radical (unpaired) electrons. The van der Waals surface area contributed by atoms with Gasteiger partial charge >= 0.3 is 0 Å². The summed E-state index contributed by atoms with van der Waals surface area (Å²) in [5, 5.41) is 3.28. The van der Waals surface area contributed by atoms with E-state index in [0.717, 1.165) is 24.8 Å². The van der Waals surface area contributed by atoms with Crippen LogP contribution in [0.1, 0.15) is 31.4 Å². The molecule has 2 rings (SSSR count). The summed E-state index contributed by atoms with van der Waals surface area (Å²) in [4.78, 5) is 4.38. The number of nitrogens with zero attached hydrogens (tertiary/aromatic N) is 2. The highest BCUT2D eigenvalue weighted by molar-refractivity contribution is 5.27. The molecule has 1 aliphatic carbocycles. The molecule has 4 heteroatoms. The smallest absolute Gasteiger partial charge is 0.202 e. The Hall–Kier alpha value is -1.03. The fourth-order valence-corrected chi connectivity index (χ4v) is 2.22. The molecule has 0 aliphatic heterocycles. The predicted molar refractivity (Wildman–Crippen MR) is 64.6 cm³/mol. The minimum atomic E-state index is 0.505. The van der Waals surface area contributed by atoms with Gasteiger partial charge in [0.2, 0.25) is 5.95 Å². The van der Waals surface area contributed by atoms with Crippen molar-refractivity contribution in [3.8, 4) is 0 Å². The maximum Gasteiger partial charge on any atom is 0.202 e. The van der Waals surface area contributed by atoms with Crippen LogP contribution in [0.4, 0.5) is 5.95 Å². The van der Waals surface area contributed by atoms with Crippen LogP contribution in [0.2, 0.25) is 0 Å². The van der Waals surface area contributed by atoms with Gasteiger partial charge in [-0.05, 0) is 19.8 Å². The van der Waals surface area contributed by atoms with Gasteiger partial charge in [0, 0.05) is 19.8 Å². The second-order valence-electron chi connectivity index (χ2n) is 4.52. The molecule has 0 bridgehead atoms. The van der Waals surface area contributed by atoms with E-state index < -0.39 is 0 Å². The van der Waals surface area contributed by atoms with Crippen LogP contribution in [-0.4, -0.2) is 28.8 Å². The minimum absolute atomic E-state index is 0.505. The zero-order chi connectivity index (χ0) is 11.4. The zero-order valence-electron chi connectivity index (χ0n) is 10.2. The average Bonchev–Trinajstić information content (AvgIpc) is 2.84. The molecule has 1 N–H and O–H groups in total. The Morgan fingerprint density at radius 3 is 2.88 bits per heavy atom. The van der Waals surface area contributed by atoms with Crippen LogP contribution in [0.25, 0.3) is 0 Å². The number of aromatic nitrogens is 2. The normalized spacial score (nSPS) is 16.9. The summed E-state index contributed by atoms with van der Waals surface area (Å²) in [6.07, 6.45) is 7.65. The summed E-state index contributed by atoms with van der Waals surface area (Å²) in [5.74, 6) is 0.924. The van der Waals surface area contributed by atoms with Gasteiger partial charge in [0.15, 0.2) is 0 Å². The molecular weight excluding hydrogens is 202 g/mol. The highest BCUT2D eigenvalue weighted by Crippen LogP contribution is 2.20. The number of hydrogen-bond donors (Lipinski definition) is 1. The van der Waals surface area contributed by atoms with Gasteiger partial charge < -0.3 is 14.6 Å². The van der Waals surface area contributed by atoms with E-state index in [2.05, 4.69) is 10.3 Å². The number of nitrogens with one attached hydrogen (secondary N) is 1. The van der Waals surface area contributed by atoms with Gasteiger partial charge in [-0.25, -0.2) is 4.98 Å². The van der Waals surface area contributed by atoms with Crippen molar-refractivity contribution in [3.05, 3.63) is 11.9 Å². The van der Waals surface area contributed by atoms with Crippen molar-refractivity contribution < 1.29 is 4.74 Å². The average molecular weight is 223 g/mol. The molecule has 90 valence electrons. The first-order chi connectivity index (χ1) is 7.75. The highest BCUT2D eigenvalue weighted by atomic mass is 16.5. The Kier molecular flexibility index (Phi) is 3.83. The lowest BCUT2D eigenvalue weighted by molar-refractivity contribution is 0.0658. The number of imidazole rings is 1. The second-order valence-corrected chi connectivity index (χ2v) is 4.52. The maximum absolute atomic E-state index is 5.77. The lowest BCUT2D eigenvalue weighted by Crippen LogP contribution is -2.16. The molecule has 1 fully saturated rings. The van der Waals surface area contributed by atoms with Gasteiger partial charge in [0.1, 0.15) is 0 Å². The Morgan fingerprint density at radius 2 is 2.25 bits per heavy atom. The van der Waals surface area contributed by atoms with E-state index in [9.17, 15) is 0 Å². The fourth-order valence-electron chi connectivity index (χ4n) is 2.22. The molecule has 1 saturated carbocycles. The van der Waals surface area contributed by atoms with Crippen molar-refractivity contribution in [2.24, 2.45) is 7.05 Å². The third kappa shape index (κ3) is 2.98. The van der Waals surface area contributed by atoms with Gasteiger partial charge in [-0.1, -0.05) is 12.8 Å². The predicted octanol–water partition coefficient (Wildman–Crippen LogP) is 2.10. The van der Waals surface area contributed by atoms with Gasteiger partial charge in [-0.2, -0.15) is 0 Å². The molecule has 1 aliphatic rings. The molecule has 16 heavy (non-hydrogen) atoms. The van der Waals surface area contributed by atoms with Crippen LogP contribution in [0.3, 0.4) is 0 Å². The molecule has 0 atom stereocenters. The number of anilines is 1. The third-order valence-electron chi connectivity index (χ3n) is 3.04. The van der Waals surface area contributed by atoms with E-state index in [1.807, 2.05) is 24.7 Å². The quantitative estimate of drug-likeness (QED) is 0.777. The van der Waals surface area contributed by atoms with Crippen molar-refractivity contribution in [3.63, 3.8) is 0 Å². The van der Waals surface area contributed by atoms with Crippen molar-refractivity contribution in [2.75, 3.05) is 18.5 Å². The van der Waals surface area contributed by atoms with Crippen LogP contribution in [0.5, 0.6) is 0 Å². The van der Waals surface area contributed by atoms with Crippen LogP contribution >= 0.6 is 0 Å². The van der Waals surface area contributed by atoms with Gasteiger partial charge in [-0.3, -0.25) is 0 Å². The second kappa shape index (κ2) is 5.34. The number of aryl methyl sites for hydroxylation is 2. The molecular formula is C12H21N3O. The molecule has 0 saturated heterocycles. The zero-order valence-corrected chi connectivity index (χ0v) is 10.2. The highest BCUT2D eigenvalue weighted by Gasteiger charge is 2.14. The van der Waals surface area contributed by atoms with Crippen molar-refractivity contribution in [1.82, 2.24) is 9.55 Å². The Balaban J connectivity index is 1.65. The lowest BCUT2D eigenvalue weighted by Gasteiger charge is -2.11. The Bertz CT molecular complexity index is 329. The van der Waals surface area contributed by atoms with E-state index in [-0.39, 0.29) is 0 Å². The fraction of sp³-hybridized carbons (Fsp3) is 0.750. The monoisotopic (exact) mass is 223 g/mol. The van der Waals surface area contributed by atoms with Crippen LogP contribution < -0.4 is 5.32 Å². The van der Waals surface area contributed by atoms with Crippen LogP contribution in [0.15, 0.2) is 6.20 Å². The van der Waals surface area contributed by atoms with Crippen LogP contribution in [-0.2, 0) is 11.8 Å². The lowest BCUT2D eigenvalue weighted by atomic mass is 10.3. The summed E-state index contributed by atoms with van der Waals surface area (Å²) in [6, 6.07) is 0. The maximum atomic E-state index is 5.77. The third-order valence-corrected chi connectivity index (χ3v) is 3.04. The van der Waals surface area contributed by atoms with Crippen molar-refractivity contribution >= 4 is 5.95 Å². The van der Waals surface area contributed by atoms with E-state index in [1.165, 1.54) is 25.7 Å². The summed E-state index contributed by atoms with van der Waals surface area (Å²) in [6.45, 7) is 3.61. The summed E-state index contributed by atoms with van der Waals surface area (Å²) < 4.78 is 7.78. The van der Waals surface area contributed by atoms with E-state index in [1.54, 1.807) is 0 Å². The Labute approximate surface area is 97.0 Å². The molecule has 0 spiro atoms. The van der Waals surface area contributed by atoms with E-state index in [4.69, 9.17) is 4.74 Å². The van der Waals surface area contributed by atoms with Crippen LogP contribution in [0, 0.1) is 6.92 Å². The van der Waals surface area contributed by atoms with Gasteiger partial charge in [0.25, 0.3) is 0 Å². The summed E-state index contributed by atoms with van der Waals surface area (Å²) >= 11 is 0. The number of hydrogen-bond acceptors (Lipinski definition) is 3. The molecule has 1 aromatic rings. The van der Waals surface area contributed by atoms with Crippen molar-refractivity contribution in [1.29, 1.82) is 0 Å². The van der Waals surface area contributed by atoms with E-state index in [0.29, 0.717) is 6.10 Å². The molecule has 1 heterocycles. The summed E-state index contributed by atoms with van der Waals surface area (Å²) in [5.41, 5.74) is 1.04. The van der Waals surface area contributed by atoms with Crippen molar-refractivity contribution in [2.45, 2.75) is 38.7 Å². The molecule has 0 unspecified atom stereocenters. The topological polar surface area (TPSA) is 39.1 Å². The van der Waals surface area contributed by atoms with E-state index >= 15 is 0 Å². The largest absolute Gasteiger partial charge is 0.376 e.